The van der Waals surface area contributed by atoms with Gasteiger partial charge >= 0.3 is 0 Å². The van der Waals surface area contributed by atoms with Gasteiger partial charge in [0.1, 0.15) is 11.6 Å². The van der Waals surface area contributed by atoms with Gasteiger partial charge in [0.05, 0.1) is 11.4 Å². The topological polar surface area (TPSA) is 84.3 Å². The average molecular weight is 559 g/mol. The Morgan fingerprint density at radius 1 is 1.10 bits per heavy atom. The zero-order chi connectivity index (χ0) is 27.9. The van der Waals surface area contributed by atoms with E-state index in [1.54, 1.807) is 11.1 Å². The second kappa shape index (κ2) is 10.6. The SMILES string of the molecule is Cn1ccnc1CN(C(=O)[C@@H]1C[C@@H]1c1ccccc1)c1ccc2c(c1)[C@@H](NS(=O)(=O)c1cccc(F)c1)CCC2. The molecule has 40 heavy (non-hydrogen) atoms. The summed E-state index contributed by atoms with van der Waals surface area (Å²) in [6.07, 6.45) is 6.61. The predicted octanol–water partition coefficient (Wildman–Crippen LogP) is 5.25. The number of nitrogens with zero attached hydrogens (tertiary/aromatic N) is 3. The number of hydrogen-bond acceptors (Lipinski definition) is 4. The molecule has 9 heteroatoms. The largest absolute Gasteiger partial charge is 0.337 e. The van der Waals surface area contributed by atoms with E-state index in [1.807, 2.05) is 54.2 Å². The Balaban J connectivity index is 1.32. The fraction of sp³-hybridized carbons (Fsp3) is 0.290. The molecule has 1 heterocycles. The van der Waals surface area contributed by atoms with Crippen LogP contribution in [0.25, 0.3) is 0 Å². The van der Waals surface area contributed by atoms with Gasteiger partial charge in [-0.1, -0.05) is 42.5 Å². The lowest BCUT2D eigenvalue weighted by Crippen LogP contribution is -2.34. The molecular formula is C31H31FN4O3S. The molecule has 6 rings (SSSR count). The van der Waals surface area contributed by atoms with Gasteiger partial charge in [0, 0.05) is 37.1 Å². The van der Waals surface area contributed by atoms with Gasteiger partial charge in [-0.25, -0.2) is 22.5 Å². The van der Waals surface area contributed by atoms with Crippen LogP contribution in [0.2, 0.25) is 0 Å². The number of anilines is 1. The highest BCUT2D eigenvalue weighted by Crippen LogP contribution is 2.49. The summed E-state index contributed by atoms with van der Waals surface area (Å²) in [4.78, 5) is 20.1. The maximum absolute atomic E-state index is 14.0. The van der Waals surface area contributed by atoms with Crippen molar-refractivity contribution in [3.05, 3.63) is 114 Å². The molecule has 0 spiro atoms. The summed E-state index contributed by atoms with van der Waals surface area (Å²) < 4.78 is 44.8. The van der Waals surface area contributed by atoms with Crippen molar-refractivity contribution < 1.29 is 17.6 Å². The Morgan fingerprint density at radius 2 is 1.93 bits per heavy atom. The number of carbonyl (C=O) groups is 1. The lowest BCUT2D eigenvalue weighted by Gasteiger charge is -2.29. The van der Waals surface area contributed by atoms with Crippen molar-refractivity contribution in [3.8, 4) is 0 Å². The second-order valence-corrected chi connectivity index (χ2v) is 12.4. The average Bonchev–Trinajstić information content (AvgIpc) is 3.66. The van der Waals surface area contributed by atoms with Gasteiger partial charge in [0.2, 0.25) is 15.9 Å². The molecule has 3 atom stereocenters. The molecule has 1 N–H and O–H groups in total. The number of aromatic nitrogens is 2. The van der Waals surface area contributed by atoms with Crippen molar-refractivity contribution in [3.63, 3.8) is 0 Å². The highest BCUT2D eigenvalue weighted by molar-refractivity contribution is 7.89. The van der Waals surface area contributed by atoms with E-state index in [0.717, 1.165) is 47.8 Å². The fourth-order valence-corrected chi connectivity index (χ4v) is 6.97. The molecule has 7 nitrogen and oxygen atoms in total. The molecule has 1 amide bonds. The molecular weight excluding hydrogens is 527 g/mol. The van der Waals surface area contributed by atoms with E-state index in [0.29, 0.717) is 18.7 Å². The van der Waals surface area contributed by atoms with Gasteiger partial charge in [-0.3, -0.25) is 4.79 Å². The van der Waals surface area contributed by atoms with Crippen molar-refractivity contribution in [2.45, 2.75) is 49.1 Å². The monoisotopic (exact) mass is 558 g/mol. The number of halogens is 1. The number of sulfonamides is 1. The van der Waals surface area contributed by atoms with Crippen LogP contribution >= 0.6 is 0 Å². The minimum Gasteiger partial charge on any atom is -0.337 e. The van der Waals surface area contributed by atoms with Crippen LogP contribution in [0.3, 0.4) is 0 Å². The Labute approximate surface area is 233 Å². The molecule has 2 aliphatic rings. The molecule has 0 saturated heterocycles. The minimum absolute atomic E-state index is 0.0319. The summed E-state index contributed by atoms with van der Waals surface area (Å²) in [6.45, 7) is 0.304. The summed E-state index contributed by atoms with van der Waals surface area (Å²) in [5.74, 6) is 0.240. The Hall–Kier alpha value is -3.82. The van der Waals surface area contributed by atoms with Crippen LogP contribution in [0, 0.1) is 11.7 Å². The van der Waals surface area contributed by atoms with Crippen LogP contribution in [-0.2, 0) is 34.8 Å². The number of benzene rings is 3. The van der Waals surface area contributed by atoms with Gasteiger partial charge < -0.3 is 9.47 Å². The van der Waals surface area contributed by atoms with Crippen LogP contribution in [-0.4, -0.2) is 23.9 Å². The van der Waals surface area contributed by atoms with E-state index in [2.05, 4.69) is 21.8 Å². The van der Waals surface area contributed by atoms with E-state index in [-0.39, 0.29) is 22.6 Å². The highest BCUT2D eigenvalue weighted by atomic mass is 32.2. The maximum Gasteiger partial charge on any atom is 0.241 e. The van der Waals surface area contributed by atoms with Crippen LogP contribution in [0.4, 0.5) is 10.1 Å². The first kappa shape index (κ1) is 26.4. The molecule has 0 radical (unpaired) electrons. The Kier molecular flexibility index (Phi) is 7.02. The summed E-state index contributed by atoms with van der Waals surface area (Å²) >= 11 is 0. The van der Waals surface area contributed by atoms with Crippen molar-refractivity contribution in [1.29, 1.82) is 0 Å². The molecule has 0 bridgehead atoms. The van der Waals surface area contributed by atoms with E-state index in [4.69, 9.17) is 0 Å². The zero-order valence-corrected chi connectivity index (χ0v) is 23.0. The number of carbonyl (C=O) groups excluding carboxylic acids is 1. The van der Waals surface area contributed by atoms with E-state index in [9.17, 15) is 17.6 Å². The molecule has 1 aromatic heterocycles. The standard InChI is InChI=1S/C31H31FN4O3S/c1-35-16-15-33-30(35)20-36(31(37)28-19-26(28)21-7-3-2-4-8-21)24-14-13-22-9-5-12-29(27(22)18-24)34-40(38,39)25-11-6-10-23(32)17-25/h2-4,6-8,10-11,13-18,26,28-29,34H,5,9,12,19-20H2,1H3/t26-,28-,29+/m1/s1. The smallest absolute Gasteiger partial charge is 0.241 e. The molecule has 1 fully saturated rings. The molecule has 0 unspecified atom stereocenters. The number of aryl methyl sites for hydroxylation is 2. The fourth-order valence-electron chi connectivity index (χ4n) is 5.69. The quantitative estimate of drug-likeness (QED) is 0.320. The molecule has 0 aliphatic heterocycles. The summed E-state index contributed by atoms with van der Waals surface area (Å²) in [7, 11) is -2.04. The molecule has 3 aromatic carbocycles. The summed E-state index contributed by atoms with van der Waals surface area (Å²) in [6, 6.07) is 20.5. The summed E-state index contributed by atoms with van der Waals surface area (Å²) in [5.41, 5.74) is 3.76. The van der Waals surface area contributed by atoms with E-state index in [1.165, 1.54) is 18.2 Å². The molecule has 2 aliphatic carbocycles. The lowest BCUT2D eigenvalue weighted by atomic mass is 9.87. The molecule has 206 valence electrons. The molecule has 4 aromatic rings. The van der Waals surface area contributed by atoms with Crippen LogP contribution in [0.15, 0.2) is 90.1 Å². The van der Waals surface area contributed by atoms with Gasteiger partial charge in [-0.05, 0) is 78.6 Å². The third kappa shape index (κ3) is 5.31. The number of rotatable bonds is 8. The van der Waals surface area contributed by atoms with Crippen LogP contribution in [0.5, 0.6) is 0 Å². The first-order valence-electron chi connectivity index (χ1n) is 13.5. The highest BCUT2D eigenvalue weighted by Gasteiger charge is 2.46. The predicted molar refractivity (Wildman–Crippen MR) is 151 cm³/mol. The van der Waals surface area contributed by atoms with Crippen LogP contribution in [0.1, 0.15) is 53.7 Å². The zero-order valence-electron chi connectivity index (χ0n) is 22.2. The Morgan fingerprint density at radius 3 is 2.67 bits per heavy atom. The van der Waals surface area contributed by atoms with E-state index < -0.39 is 21.9 Å². The van der Waals surface area contributed by atoms with Gasteiger partial charge in [0.25, 0.3) is 0 Å². The first-order chi connectivity index (χ1) is 19.3. The summed E-state index contributed by atoms with van der Waals surface area (Å²) in [5, 5.41) is 0. The van der Waals surface area contributed by atoms with Crippen LogP contribution < -0.4 is 9.62 Å². The van der Waals surface area contributed by atoms with Crippen molar-refractivity contribution in [2.24, 2.45) is 13.0 Å². The minimum atomic E-state index is -3.95. The van der Waals surface area contributed by atoms with Crippen molar-refractivity contribution >= 4 is 21.6 Å². The number of nitrogens with one attached hydrogen (secondary N) is 1. The molecule has 1 saturated carbocycles. The third-order valence-corrected chi connectivity index (χ3v) is 9.45. The second-order valence-electron chi connectivity index (χ2n) is 10.6. The number of amides is 1. The van der Waals surface area contributed by atoms with E-state index >= 15 is 0 Å². The van der Waals surface area contributed by atoms with Crippen molar-refractivity contribution in [1.82, 2.24) is 14.3 Å². The van der Waals surface area contributed by atoms with Gasteiger partial charge in [-0.2, -0.15) is 0 Å². The maximum atomic E-state index is 14.0. The van der Waals surface area contributed by atoms with Gasteiger partial charge in [-0.15, -0.1) is 0 Å². The first-order valence-corrected chi connectivity index (χ1v) is 15.0. The normalized spacial score (nSPS) is 20.1. The Bertz CT molecular complexity index is 1650. The number of imidazole rings is 1. The van der Waals surface area contributed by atoms with Crippen molar-refractivity contribution in [2.75, 3.05) is 4.90 Å². The number of fused-ring (bicyclic) bond motifs is 1. The number of hydrogen-bond donors (Lipinski definition) is 1. The van der Waals surface area contributed by atoms with Gasteiger partial charge in [0.15, 0.2) is 0 Å². The lowest BCUT2D eigenvalue weighted by molar-refractivity contribution is -0.120. The third-order valence-electron chi connectivity index (χ3n) is 7.98.